The third-order valence-electron chi connectivity index (χ3n) is 2.20. The van der Waals surface area contributed by atoms with Gasteiger partial charge in [0.25, 0.3) is 5.91 Å². The maximum absolute atomic E-state index is 11.7. The third kappa shape index (κ3) is 5.15. The lowest BCUT2D eigenvalue weighted by Crippen LogP contribution is -2.32. The topological polar surface area (TPSA) is 133 Å². The normalized spacial score (nSPS) is 9.71. The van der Waals surface area contributed by atoms with E-state index in [9.17, 15) is 29.4 Å². The van der Waals surface area contributed by atoms with Crippen molar-refractivity contribution in [1.29, 1.82) is 0 Å². The van der Waals surface area contributed by atoms with Crippen LogP contribution in [0, 0.1) is 0 Å². The van der Waals surface area contributed by atoms with Crippen LogP contribution in [0.15, 0.2) is 18.2 Å². The summed E-state index contributed by atoms with van der Waals surface area (Å²) in [7, 11) is 0. The van der Waals surface area contributed by atoms with Crippen LogP contribution >= 0.6 is 11.8 Å². The molecule has 0 saturated heterocycles. The van der Waals surface area contributed by atoms with Crippen molar-refractivity contribution in [1.82, 2.24) is 10.6 Å². The first-order valence-electron chi connectivity index (χ1n) is 5.61. The molecule has 112 valence electrons. The second-order valence-corrected chi connectivity index (χ2v) is 4.71. The van der Waals surface area contributed by atoms with E-state index in [2.05, 4.69) is 0 Å². The minimum absolute atomic E-state index is 0.113. The van der Waals surface area contributed by atoms with Crippen molar-refractivity contribution in [3.05, 3.63) is 23.8 Å². The molecule has 0 fully saturated rings. The van der Waals surface area contributed by atoms with Gasteiger partial charge in [-0.25, -0.2) is 0 Å². The Labute approximate surface area is 123 Å². The zero-order valence-corrected chi connectivity index (χ0v) is 11.5. The summed E-state index contributed by atoms with van der Waals surface area (Å²) in [6.07, 6.45) is 0.233. The third-order valence-corrected chi connectivity index (χ3v) is 3.13. The van der Waals surface area contributed by atoms with Gasteiger partial charge in [-0.05, 0) is 12.1 Å². The van der Waals surface area contributed by atoms with E-state index in [0.717, 1.165) is 11.8 Å². The molecule has 0 aliphatic carbocycles. The van der Waals surface area contributed by atoms with Crippen LogP contribution in [0.25, 0.3) is 0 Å². The Morgan fingerprint density at radius 3 is 2.48 bits per heavy atom. The molecule has 1 rings (SSSR count). The average Bonchev–Trinajstić information content (AvgIpc) is 2.42. The number of rotatable bonds is 6. The second-order valence-electron chi connectivity index (χ2n) is 3.73. The monoisotopic (exact) mass is 312 g/mol. The first kappa shape index (κ1) is 16.5. The van der Waals surface area contributed by atoms with Crippen LogP contribution in [0.3, 0.4) is 0 Å². The number of phenolic OH excluding ortho intramolecular Hbond substituents is 2. The predicted octanol–water partition coefficient (Wildman–Crippen LogP) is -0.640. The summed E-state index contributed by atoms with van der Waals surface area (Å²) < 4.78 is 0. The molecular formula is C12H12N2O6S. The molecule has 0 saturated carbocycles. The van der Waals surface area contributed by atoms with Crippen LogP contribution in [-0.4, -0.2) is 45.9 Å². The van der Waals surface area contributed by atoms with E-state index >= 15 is 0 Å². The van der Waals surface area contributed by atoms with E-state index in [-0.39, 0.29) is 23.5 Å². The number of carbonyl (C=O) groups is 4. The maximum Gasteiger partial charge on any atom is 0.261 e. The summed E-state index contributed by atoms with van der Waals surface area (Å²) in [5.74, 6) is -3.50. The van der Waals surface area contributed by atoms with E-state index in [1.165, 1.54) is 18.2 Å². The molecule has 4 N–H and O–H groups in total. The largest absolute Gasteiger partial charge is 0.504 e. The smallest absolute Gasteiger partial charge is 0.261 e. The lowest BCUT2D eigenvalue weighted by atomic mass is 10.1. The van der Waals surface area contributed by atoms with Crippen molar-refractivity contribution >= 4 is 35.9 Å². The Morgan fingerprint density at radius 2 is 1.81 bits per heavy atom. The van der Waals surface area contributed by atoms with Gasteiger partial charge < -0.3 is 10.2 Å². The molecule has 0 atom stereocenters. The number of benzene rings is 1. The summed E-state index contributed by atoms with van der Waals surface area (Å²) in [6.45, 7) is 0. The van der Waals surface area contributed by atoms with Gasteiger partial charge in [0.2, 0.25) is 18.2 Å². The Hall–Kier alpha value is -2.55. The highest BCUT2D eigenvalue weighted by Crippen LogP contribution is 2.27. The fraction of sp³-hybridized carbons (Fsp3) is 0.167. The fourth-order valence-electron chi connectivity index (χ4n) is 1.29. The van der Waals surface area contributed by atoms with Crippen LogP contribution in [0.4, 0.5) is 0 Å². The highest BCUT2D eigenvalue weighted by molar-refractivity contribution is 8.00. The average molecular weight is 312 g/mol. The molecular weight excluding hydrogens is 300 g/mol. The lowest BCUT2D eigenvalue weighted by Gasteiger charge is -2.06. The van der Waals surface area contributed by atoms with E-state index in [0.29, 0.717) is 0 Å². The minimum atomic E-state index is -0.869. The summed E-state index contributed by atoms with van der Waals surface area (Å²) in [5, 5.41) is 22.6. The van der Waals surface area contributed by atoms with Gasteiger partial charge >= 0.3 is 0 Å². The zero-order chi connectivity index (χ0) is 15.8. The second kappa shape index (κ2) is 7.90. The fourth-order valence-corrected chi connectivity index (χ4v) is 1.92. The van der Waals surface area contributed by atoms with Gasteiger partial charge in [-0.1, -0.05) is 6.07 Å². The first-order chi connectivity index (χ1) is 9.95. The Bertz CT molecular complexity index is 575. The van der Waals surface area contributed by atoms with Gasteiger partial charge in [-0.15, -0.1) is 11.8 Å². The van der Waals surface area contributed by atoms with Gasteiger partial charge in [0, 0.05) is 0 Å². The number of hydrogen-bond donors (Lipinski definition) is 4. The maximum atomic E-state index is 11.7. The quantitative estimate of drug-likeness (QED) is 0.405. The van der Waals surface area contributed by atoms with Crippen LogP contribution in [0.5, 0.6) is 11.5 Å². The summed E-state index contributed by atoms with van der Waals surface area (Å²) >= 11 is 0.907. The van der Waals surface area contributed by atoms with Crippen LogP contribution in [-0.2, 0) is 14.4 Å². The Balaban J connectivity index is 2.47. The van der Waals surface area contributed by atoms with Crippen molar-refractivity contribution in [2.45, 2.75) is 0 Å². The zero-order valence-electron chi connectivity index (χ0n) is 10.7. The molecule has 0 aliphatic heterocycles. The number of aromatic hydroxyl groups is 2. The summed E-state index contributed by atoms with van der Waals surface area (Å²) in [6, 6.07) is 3.77. The van der Waals surface area contributed by atoms with Crippen LogP contribution in [0.2, 0.25) is 0 Å². The summed E-state index contributed by atoms with van der Waals surface area (Å²) in [4.78, 5) is 44.0. The number of imide groups is 2. The van der Waals surface area contributed by atoms with E-state index in [1.807, 2.05) is 10.6 Å². The molecule has 8 nitrogen and oxygen atoms in total. The summed E-state index contributed by atoms with van der Waals surface area (Å²) in [5.41, 5.74) is -0.243. The van der Waals surface area contributed by atoms with Gasteiger partial charge in [-0.2, -0.15) is 0 Å². The molecule has 9 heteroatoms. The molecule has 21 heavy (non-hydrogen) atoms. The van der Waals surface area contributed by atoms with Crippen molar-refractivity contribution < 1.29 is 29.4 Å². The number of phenols is 2. The van der Waals surface area contributed by atoms with Crippen LogP contribution in [0.1, 0.15) is 10.4 Å². The van der Waals surface area contributed by atoms with Crippen LogP contribution < -0.4 is 10.6 Å². The molecule has 0 bridgehead atoms. The molecule has 1 aromatic rings. The SMILES string of the molecule is O=CNC(=O)CSCC(=O)NC(=O)c1cccc(O)c1O. The number of para-hydroxylation sites is 1. The molecule has 4 amide bonds. The number of thioether (sulfide) groups is 1. The lowest BCUT2D eigenvalue weighted by molar-refractivity contribution is -0.123. The number of hydrogen-bond acceptors (Lipinski definition) is 7. The highest BCUT2D eigenvalue weighted by atomic mass is 32.2. The number of carbonyl (C=O) groups excluding carboxylic acids is 4. The highest BCUT2D eigenvalue weighted by Gasteiger charge is 2.16. The van der Waals surface area contributed by atoms with Gasteiger partial charge in [-0.3, -0.25) is 29.8 Å². The van der Waals surface area contributed by atoms with Crippen molar-refractivity contribution in [3.8, 4) is 11.5 Å². The van der Waals surface area contributed by atoms with E-state index in [4.69, 9.17) is 0 Å². The van der Waals surface area contributed by atoms with Crippen molar-refractivity contribution in [3.63, 3.8) is 0 Å². The van der Waals surface area contributed by atoms with Crippen molar-refractivity contribution in [2.75, 3.05) is 11.5 Å². The molecule has 1 aromatic carbocycles. The van der Waals surface area contributed by atoms with E-state index in [1.54, 1.807) is 0 Å². The first-order valence-corrected chi connectivity index (χ1v) is 6.77. The van der Waals surface area contributed by atoms with Gasteiger partial charge in [0.05, 0.1) is 17.1 Å². The predicted molar refractivity (Wildman–Crippen MR) is 73.8 cm³/mol. The Kier molecular flexibility index (Phi) is 6.21. The number of amides is 4. The Morgan fingerprint density at radius 1 is 1.14 bits per heavy atom. The molecule has 0 heterocycles. The van der Waals surface area contributed by atoms with E-state index < -0.39 is 29.2 Å². The van der Waals surface area contributed by atoms with Gasteiger partial charge in [0.1, 0.15) is 0 Å². The van der Waals surface area contributed by atoms with Gasteiger partial charge in [0.15, 0.2) is 11.5 Å². The molecule has 0 unspecified atom stereocenters. The number of nitrogens with one attached hydrogen (secondary N) is 2. The minimum Gasteiger partial charge on any atom is -0.504 e. The standard InChI is InChI=1S/C12H12N2O6S/c15-6-13-9(17)4-21-5-10(18)14-12(20)7-2-1-3-8(16)11(7)19/h1-3,6,16,19H,4-5H2,(H,13,15,17)(H,14,18,20). The molecule has 0 aliphatic rings. The molecule has 0 spiro atoms. The molecule has 0 radical (unpaired) electrons. The molecule has 0 aromatic heterocycles. The van der Waals surface area contributed by atoms with Crippen molar-refractivity contribution in [2.24, 2.45) is 0 Å².